The Hall–Kier alpha value is -0.730. The van der Waals surface area contributed by atoms with Crippen molar-refractivity contribution in [3.63, 3.8) is 0 Å². The number of nitrogens with two attached hydrogens (primary N) is 1. The minimum absolute atomic E-state index is 0. The van der Waals surface area contributed by atoms with Crippen molar-refractivity contribution in [1.82, 2.24) is 0 Å². The predicted octanol–water partition coefficient (Wildman–Crippen LogP) is 2.15. The molecule has 0 aliphatic carbocycles. The Labute approximate surface area is 64.0 Å². The number of ether oxygens (including phenoxy) is 1. The van der Waals surface area contributed by atoms with Gasteiger partial charge in [0, 0.05) is 1.43 Å². The smallest absolute Gasteiger partial charge is 0.405 e. The van der Waals surface area contributed by atoms with Crippen LogP contribution in [0.2, 0.25) is 0 Å². The van der Waals surface area contributed by atoms with Crippen LogP contribution in [-0.4, -0.2) is 11.7 Å². The molecule has 0 fully saturated rings. The SMILES string of the molecule is CC.CC(C)(C)OC(N)=O.[HH]. The van der Waals surface area contributed by atoms with Crippen molar-refractivity contribution in [1.29, 1.82) is 0 Å². The normalized spacial score (nSPS) is 9.30. The standard InChI is InChI=1S/C5H11NO2.C2H6.H2/c1-5(2,3)8-4(6)7;1-2;/h1-3H3,(H2,6,7);1-2H3;1H. The molecule has 0 spiro atoms. The van der Waals surface area contributed by atoms with E-state index in [1.165, 1.54) is 0 Å². The van der Waals surface area contributed by atoms with Gasteiger partial charge in [-0.25, -0.2) is 4.79 Å². The van der Waals surface area contributed by atoms with Gasteiger partial charge in [-0.2, -0.15) is 0 Å². The first-order valence-electron chi connectivity index (χ1n) is 3.40. The van der Waals surface area contributed by atoms with Crippen LogP contribution in [0.3, 0.4) is 0 Å². The second kappa shape index (κ2) is 5.09. The fourth-order valence-electron chi connectivity index (χ4n) is 0.302. The Balaban J connectivity index is -0.000000196. The third-order valence-corrected chi connectivity index (χ3v) is 0.407. The third-order valence-electron chi connectivity index (χ3n) is 0.407. The Kier molecular flexibility index (Phi) is 6.10. The fourth-order valence-corrected chi connectivity index (χ4v) is 0.302. The molecule has 64 valence electrons. The molecule has 2 N–H and O–H groups in total. The maximum atomic E-state index is 10.0. The highest BCUT2D eigenvalue weighted by Crippen LogP contribution is 2.04. The van der Waals surface area contributed by atoms with E-state index in [-0.39, 0.29) is 1.43 Å². The zero-order chi connectivity index (χ0) is 8.78. The number of hydrogen-bond donors (Lipinski definition) is 1. The van der Waals surface area contributed by atoms with Crippen molar-refractivity contribution in [2.75, 3.05) is 0 Å². The van der Waals surface area contributed by atoms with Crippen molar-refractivity contribution < 1.29 is 11.0 Å². The van der Waals surface area contributed by atoms with Gasteiger partial charge in [0.2, 0.25) is 0 Å². The molecular formula is C7H19NO2. The van der Waals surface area contributed by atoms with E-state index >= 15 is 0 Å². The van der Waals surface area contributed by atoms with E-state index in [9.17, 15) is 4.79 Å². The number of primary amides is 1. The molecule has 0 aromatic rings. The molecule has 3 heteroatoms. The Morgan fingerprint density at radius 3 is 1.70 bits per heavy atom. The molecule has 0 atom stereocenters. The molecule has 0 heterocycles. The number of hydrogen-bond acceptors (Lipinski definition) is 2. The first-order valence-corrected chi connectivity index (χ1v) is 3.40. The number of carbonyl (C=O) groups is 1. The van der Waals surface area contributed by atoms with Gasteiger partial charge in [0.15, 0.2) is 0 Å². The van der Waals surface area contributed by atoms with Gasteiger partial charge >= 0.3 is 6.09 Å². The first-order chi connectivity index (χ1) is 4.42. The topological polar surface area (TPSA) is 52.3 Å². The summed E-state index contributed by atoms with van der Waals surface area (Å²) in [4.78, 5) is 10.0. The van der Waals surface area contributed by atoms with Gasteiger partial charge in [-0.05, 0) is 20.8 Å². The molecule has 0 aliphatic rings. The van der Waals surface area contributed by atoms with E-state index in [0.29, 0.717) is 0 Å². The van der Waals surface area contributed by atoms with Gasteiger partial charge in [0.1, 0.15) is 5.60 Å². The molecule has 0 rings (SSSR count). The quantitative estimate of drug-likeness (QED) is 0.573. The largest absolute Gasteiger partial charge is 0.444 e. The van der Waals surface area contributed by atoms with E-state index < -0.39 is 11.7 Å². The third kappa shape index (κ3) is 15.7. The van der Waals surface area contributed by atoms with Crippen molar-refractivity contribution in [2.24, 2.45) is 5.73 Å². The summed E-state index contributed by atoms with van der Waals surface area (Å²) >= 11 is 0. The second-order valence-corrected chi connectivity index (χ2v) is 2.53. The minimum Gasteiger partial charge on any atom is -0.444 e. The molecule has 10 heavy (non-hydrogen) atoms. The Bertz CT molecular complexity index is 99.1. The number of carbonyl (C=O) groups excluding carboxylic acids is 1. The molecule has 3 nitrogen and oxygen atoms in total. The molecule has 0 saturated carbocycles. The lowest BCUT2D eigenvalue weighted by atomic mass is 10.2. The summed E-state index contributed by atoms with van der Waals surface area (Å²) in [6.45, 7) is 9.28. The van der Waals surface area contributed by atoms with Gasteiger partial charge < -0.3 is 10.5 Å². The summed E-state index contributed by atoms with van der Waals surface area (Å²) in [5.41, 5.74) is 4.26. The zero-order valence-electron chi connectivity index (χ0n) is 7.39. The highest BCUT2D eigenvalue weighted by atomic mass is 16.6. The van der Waals surface area contributed by atoms with Crippen LogP contribution in [0, 0.1) is 0 Å². The Morgan fingerprint density at radius 2 is 1.70 bits per heavy atom. The maximum absolute atomic E-state index is 10.0. The lowest BCUT2D eigenvalue weighted by molar-refractivity contribution is 0.0600. The molecule has 0 aromatic heterocycles. The van der Waals surface area contributed by atoms with Crippen LogP contribution >= 0.6 is 0 Å². The average molecular weight is 149 g/mol. The number of rotatable bonds is 0. The van der Waals surface area contributed by atoms with E-state index in [1.54, 1.807) is 20.8 Å². The summed E-state index contributed by atoms with van der Waals surface area (Å²) in [7, 11) is 0. The van der Waals surface area contributed by atoms with Crippen LogP contribution in [0.4, 0.5) is 4.79 Å². The number of amides is 1. The summed E-state index contributed by atoms with van der Waals surface area (Å²) in [5.74, 6) is 0. The van der Waals surface area contributed by atoms with E-state index in [2.05, 4.69) is 4.74 Å². The minimum atomic E-state index is -0.725. The van der Waals surface area contributed by atoms with Crippen LogP contribution in [0.5, 0.6) is 0 Å². The first kappa shape index (κ1) is 12.0. The second-order valence-electron chi connectivity index (χ2n) is 2.53. The highest BCUT2D eigenvalue weighted by Gasteiger charge is 2.12. The van der Waals surface area contributed by atoms with Crippen LogP contribution in [0.15, 0.2) is 0 Å². The van der Waals surface area contributed by atoms with Crippen molar-refractivity contribution in [2.45, 2.75) is 40.2 Å². The lowest BCUT2D eigenvalue weighted by Gasteiger charge is -2.16. The van der Waals surface area contributed by atoms with Crippen molar-refractivity contribution >= 4 is 6.09 Å². The van der Waals surface area contributed by atoms with Crippen LogP contribution < -0.4 is 5.73 Å². The summed E-state index contributed by atoms with van der Waals surface area (Å²) in [6.07, 6.45) is -0.725. The molecule has 0 unspecified atom stereocenters. The molecule has 0 bridgehead atoms. The Morgan fingerprint density at radius 1 is 1.40 bits per heavy atom. The molecule has 0 radical (unpaired) electrons. The molecular weight excluding hydrogens is 130 g/mol. The highest BCUT2D eigenvalue weighted by molar-refractivity contribution is 5.65. The zero-order valence-corrected chi connectivity index (χ0v) is 7.39. The van der Waals surface area contributed by atoms with E-state index in [4.69, 9.17) is 5.73 Å². The van der Waals surface area contributed by atoms with Gasteiger partial charge in [0.25, 0.3) is 0 Å². The molecule has 1 amide bonds. The molecule has 0 aliphatic heterocycles. The van der Waals surface area contributed by atoms with Crippen molar-refractivity contribution in [3.05, 3.63) is 0 Å². The summed E-state index contributed by atoms with van der Waals surface area (Å²) in [5, 5.41) is 0. The van der Waals surface area contributed by atoms with Crippen LogP contribution in [0.25, 0.3) is 0 Å². The van der Waals surface area contributed by atoms with Crippen LogP contribution in [-0.2, 0) is 4.74 Å². The predicted molar refractivity (Wildman–Crippen MR) is 43.9 cm³/mol. The lowest BCUT2D eigenvalue weighted by Crippen LogP contribution is -2.27. The fraction of sp³-hybridized carbons (Fsp3) is 0.857. The molecule has 0 saturated heterocycles. The van der Waals surface area contributed by atoms with E-state index in [1.807, 2.05) is 13.8 Å². The molecule has 0 aromatic carbocycles. The van der Waals surface area contributed by atoms with Crippen LogP contribution in [0.1, 0.15) is 36.0 Å². The van der Waals surface area contributed by atoms with Gasteiger partial charge in [0.05, 0.1) is 0 Å². The van der Waals surface area contributed by atoms with E-state index in [0.717, 1.165) is 0 Å². The van der Waals surface area contributed by atoms with Gasteiger partial charge in [-0.3, -0.25) is 0 Å². The summed E-state index contributed by atoms with van der Waals surface area (Å²) < 4.78 is 4.58. The van der Waals surface area contributed by atoms with Crippen molar-refractivity contribution in [3.8, 4) is 0 Å². The van der Waals surface area contributed by atoms with Gasteiger partial charge in [-0.15, -0.1) is 0 Å². The average Bonchev–Trinajstić information content (AvgIpc) is 1.64. The maximum Gasteiger partial charge on any atom is 0.405 e. The summed E-state index contributed by atoms with van der Waals surface area (Å²) in [6, 6.07) is 0. The monoisotopic (exact) mass is 149 g/mol. The van der Waals surface area contributed by atoms with Gasteiger partial charge in [-0.1, -0.05) is 13.8 Å².